The smallest absolute Gasteiger partial charge is 0.324 e. The molecule has 0 saturated carbocycles. The van der Waals surface area contributed by atoms with Crippen molar-refractivity contribution in [3.8, 4) is 0 Å². The van der Waals surface area contributed by atoms with Crippen molar-refractivity contribution in [2.24, 2.45) is 22.4 Å². The van der Waals surface area contributed by atoms with Crippen LogP contribution in [0.1, 0.15) is 56.5 Å². The molecule has 0 spiro atoms. The fraction of sp³-hybridized carbons (Fsp3) is 0.111. The van der Waals surface area contributed by atoms with Crippen LogP contribution in [0.4, 0.5) is 0 Å². The molecule has 5 N–H and O–H groups in total. The van der Waals surface area contributed by atoms with E-state index in [4.69, 9.17) is 21.2 Å². The molecule has 0 aliphatic heterocycles. The van der Waals surface area contributed by atoms with Crippen molar-refractivity contribution in [3.05, 3.63) is 323 Å². The molecule has 1 unspecified atom stereocenters. The molecule has 0 fully saturated rings. The van der Waals surface area contributed by atoms with Crippen LogP contribution in [0.15, 0.2) is 278 Å². The van der Waals surface area contributed by atoms with Crippen LogP contribution in [0, 0.1) is 5.92 Å². The molecule has 9 aromatic rings. The SMILES string of the molecule is NC(N)=NCC(C[C@H](NC(c1ccccc1)(c1ccccc1)c1ccccc1)C(=O)OC(c1ccccc1)(c1ccccc1)c1ccccc1)C(c1ccccc1)(c1ccccc1)c1ccccc1. The third-order valence-electron chi connectivity index (χ3n) is 13.4. The van der Waals surface area contributed by atoms with Crippen LogP contribution in [-0.2, 0) is 26.1 Å². The van der Waals surface area contributed by atoms with Gasteiger partial charge in [-0.25, -0.2) is 0 Å². The van der Waals surface area contributed by atoms with Crippen molar-refractivity contribution in [2.75, 3.05) is 6.54 Å². The van der Waals surface area contributed by atoms with E-state index < -0.39 is 34.5 Å². The lowest BCUT2D eigenvalue weighted by atomic mass is 9.60. The zero-order valence-electron chi connectivity index (χ0n) is 38.5. The fourth-order valence-electron chi connectivity index (χ4n) is 10.4. The molecule has 0 aliphatic rings. The number of ether oxygens (including phenoxy) is 1. The summed E-state index contributed by atoms with van der Waals surface area (Å²) >= 11 is 0. The Morgan fingerprint density at radius 1 is 0.406 bits per heavy atom. The molecule has 9 rings (SSSR count). The third kappa shape index (κ3) is 9.23. The summed E-state index contributed by atoms with van der Waals surface area (Å²) in [5.41, 5.74) is 17.6. The zero-order chi connectivity index (χ0) is 47.4. The van der Waals surface area contributed by atoms with E-state index in [2.05, 4.69) is 115 Å². The minimum atomic E-state index is -1.37. The summed E-state index contributed by atoms with van der Waals surface area (Å²) < 4.78 is 7.48. The van der Waals surface area contributed by atoms with Crippen LogP contribution in [0.5, 0.6) is 0 Å². The highest BCUT2D eigenvalue weighted by Gasteiger charge is 2.50. The van der Waals surface area contributed by atoms with Crippen molar-refractivity contribution < 1.29 is 9.53 Å². The van der Waals surface area contributed by atoms with Crippen LogP contribution in [0.2, 0.25) is 0 Å². The Balaban J connectivity index is 1.35. The zero-order valence-corrected chi connectivity index (χ0v) is 38.5. The Morgan fingerprint density at radius 3 is 0.942 bits per heavy atom. The summed E-state index contributed by atoms with van der Waals surface area (Å²) in [6.45, 7) is 0.169. The summed E-state index contributed by atoms with van der Waals surface area (Å²) in [6, 6.07) is 91.6. The Bertz CT molecular complexity index is 2720. The number of hydrogen-bond acceptors (Lipinski definition) is 4. The van der Waals surface area contributed by atoms with E-state index in [1.54, 1.807) is 0 Å². The number of aliphatic imine (C=N–C) groups is 1. The monoisotopic (exact) mass is 900 g/mol. The lowest BCUT2D eigenvalue weighted by Gasteiger charge is -2.46. The maximum atomic E-state index is 16.7. The topological polar surface area (TPSA) is 103 Å². The molecule has 2 atom stereocenters. The summed E-state index contributed by atoms with van der Waals surface area (Å²) in [4.78, 5) is 21.6. The maximum absolute atomic E-state index is 16.7. The fourth-order valence-corrected chi connectivity index (χ4v) is 10.4. The summed E-state index contributed by atoms with van der Waals surface area (Å²) in [5, 5.41) is 4.15. The molecule has 0 bridgehead atoms. The van der Waals surface area contributed by atoms with Gasteiger partial charge in [0.15, 0.2) is 11.6 Å². The Morgan fingerprint density at radius 2 is 0.667 bits per heavy atom. The molecule has 0 radical (unpaired) electrons. The highest BCUT2D eigenvalue weighted by atomic mass is 16.6. The van der Waals surface area contributed by atoms with Gasteiger partial charge < -0.3 is 16.2 Å². The molecule has 6 nitrogen and oxygen atoms in total. The predicted octanol–water partition coefficient (Wildman–Crippen LogP) is 11.8. The van der Waals surface area contributed by atoms with Gasteiger partial charge >= 0.3 is 5.97 Å². The molecule has 69 heavy (non-hydrogen) atoms. The summed E-state index contributed by atoms with van der Waals surface area (Å²) in [6.07, 6.45) is 0.205. The average molecular weight is 901 g/mol. The van der Waals surface area contributed by atoms with E-state index in [1.165, 1.54) is 0 Å². The van der Waals surface area contributed by atoms with Crippen LogP contribution >= 0.6 is 0 Å². The first-order valence-electron chi connectivity index (χ1n) is 23.5. The van der Waals surface area contributed by atoms with Crippen molar-refractivity contribution >= 4 is 11.9 Å². The van der Waals surface area contributed by atoms with Crippen molar-refractivity contribution in [1.29, 1.82) is 0 Å². The van der Waals surface area contributed by atoms with Gasteiger partial charge in [-0.2, -0.15) is 0 Å². The van der Waals surface area contributed by atoms with Crippen LogP contribution < -0.4 is 16.8 Å². The predicted molar refractivity (Wildman–Crippen MR) is 279 cm³/mol. The van der Waals surface area contributed by atoms with Crippen LogP contribution in [0.3, 0.4) is 0 Å². The average Bonchev–Trinajstić information content (AvgIpc) is 3.43. The molecular weight excluding hydrogens is 845 g/mol. The molecule has 9 aromatic carbocycles. The number of carbonyl (C=O) groups is 1. The normalized spacial score (nSPS) is 12.6. The highest BCUT2D eigenvalue weighted by Crippen LogP contribution is 2.49. The van der Waals surface area contributed by atoms with Gasteiger partial charge in [0.05, 0.1) is 5.54 Å². The van der Waals surface area contributed by atoms with E-state index in [9.17, 15) is 0 Å². The number of carbonyl (C=O) groups excluding carboxylic acids is 1. The number of nitrogens with zero attached hydrogens (tertiary/aromatic N) is 1. The molecule has 0 heterocycles. The molecule has 6 heteroatoms. The standard InChI is InChI=1S/C63H56N4O2/c64-60(65)66-47-57(61(48-28-10-1-11-29-48,49-30-12-2-13-31-49)50-32-14-3-15-33-50)46-58(67-62(51-34-16-4-17-35-51,52-36-18-5-19-37-52)53-38-20-6-21-39-53)59(68)69-63(54-40-22-7-23-41-54,55-42-24-8-25-43-55)56-44-26-9-27-45-56/h1-45,57-58,67H,46-47H2,(H4,64,65,66)/t57?,58-/m0/s1. The van der Waals surface area contributed by atoms with E-state index in [0.717, 1.165) is 50.1 Å². The molecule has 0 saturated heterocycles. The summed E-state index contributed by atoms with van der Waals surface area (Å²) in [7, 11) is 0. The quantitative estimate of drug-likeness (QED) is 0.0344. The second-order valence-corrected chi connectivity index (χ2v) is 17.3. The Kier molecular flexibility index (Phi) is 14.0. The summed E-state index contributed by atoms with van der Waals surface area (Å²) in [5.74, 6) is -0.980. The maximum Gasteiger partial charge on any atom is 0.324 e. The van der Waals surface area contributed by atoms with Gasteiger partial charge in [0.1, 0.15) is 6.04 Å². The molecule has 340 valence electrons. The minimum absolute atomic E-state index is 0.0429. The molecule has 0 aromatic heterocycles. The van der Waals surface area contributed by atoms with E-state index in [0.29, 0.717) is 0 Å². The number of benzene rings is 9. The number of esters is 1. The molecule has 0 amide bonds. The van der Waals surface area contributed by atoms with Crippen molar-refractivity contribution in [1.82, 2.24) is 5.32 Å². The second kappa shape index (κ2) is 21.1. The molecule has 0 aliphatic carbocycles. The van der Waals surface area contributed by atoms with Gasteiger partial charge in [0.25, 0.3) is 0 Å². The van der Waals surface area contributed by atoms with Gasteiger partial charge in [-0.15, -0.1) is 0 Å². The minimum Gasteiger partial charge on any atom is -0.443 e. The van der Waals surface area contributed by atoms with Crippen LogP contribution in [0.25, 0.3) is 0 Å². The van der Waals surface area contributed by atoms with Gasteiger partial charge in [-0.05, 0) is 45.7 Å². The van der Waals surface area contributed by atoms with Gasteiger partial charge in [-0.1, -0.05) is 273 Å². The molecular formula is C63H56N4O2. The van der Waals surface area contributed by atoms with Gasteiger partial charge in [-0.3, -0.25) is 15.1 Å². The lowest BCUT2D eigenvalue weighted by Crippen LogP contribution is -2.56. The highest BCUT2D eigenvalue weighted by molar-refractivity contribution is 5.79. The van der Waals surface area contributed by atoms with Crippen molar-refractivity contribution in [2.45, 2.75) is 29.0 Å². The largest absolute Gasteiger partial charge is 0.443 e. The number of guanidine groups is 1. The first-order chi connectivity index (χ1) is 34.0. The third-order valence-corrected chi connectivity index (χ3v) is 13.4. The van der Waals surface area contributed by atoms with Gasteiger partial charge in [0, 0.05) is 28.7 Å². The Labute approximate surface area is 406 Å². The number of rotatable bonds is 18. The number of nitrogens with one attached hydrogen (secondary N) is 1. The van der Waals surface area contributed by atoms with E-state index in [-0.39, 0.29) is 18.9 Å². The van der Waals surface area contributed by atoms with E-state index >= 15 is 4.79 Å². The van der Waals surface area contributed by atoms with Crippen LogP contribution in [-0.4, -0.2) is 24.5 Å². The first kappa shape index (κ1) is 45.8. The second-order valence-electron chi connectivity index (χ2n) is 17.3. The lowest BCUT2D eigenvalue weighted by molar-refractivity contribution is -0.157. The van der Waals surface area contributed by atoms with Gasteiger partial charge in [0.2, 0.25) is 0 Å². The Hall–Kier alpha value is -8.32. The first-order valence-corrected chi connectivity index (χ1v) is 23.5. The number of hydrogen-bond donors (Lipinski definition) is 3. The van der Waals surface area contributed by atoms with E-state index in [1.807, 2.05) is 164 Å². The van der Waals surface area contributed by atoms with Crippen molar-refractivity contribution in [3.63, 3.8) is 0 Å². The number of nitrogens with two attached hydrogens (primary N) is 2.